The molecule has 0 spiro atoms. The summed E-state index contributed by atoms with van der Waals surface area (Å²) in [6.45, 7) is 1.22. The smallest absolute Gasteiger partial charge is 0.332 e. The molecule has 0 aliphatic carbocycles. The summed E-state index contributed by atoms with van der Waals surface area (Å²) in [6.07, 6.45) is 4.71. The number of hydrogen-bond acceptors (Lipinski definition) is 5. The standard InChI is InChI=1S/C19H22N6O3/c1-22-17(10-18(27)23(2)19(22)28)25-8-6-13(11-25)21-16(26)9-14-12-24-7-4-3-5-15(24)20-14/h3-5,7,10,12-13H,6,8-9,11H2,1-2H3,(H,21,26)/t13-/m0/s1. The first-order valence-corrected chi connectivity index (χ1v) is 9.16. The molecule has 1 fully saturated rings. The molecule has 0 radical (unpaired) electrons. The van der Waals surface area contributed by atoms with Gasteiger partial charge in [-0.3, -0.25) is 18.7 Å². The van der Waals surface area contributed by atoms with Crippen molar-refractivity contribution in [3.05, 3.63) is 63.2 Å². The fourth-order valence-corrected chi connectivity index (χ4v) is 3.63. The van der Waals surface area contributed by atoms with Crippen molar-refractivity contribution in [1.29, 1.82) is 0 Å². The maximum atomic E-state index is 12.4. The van der Waals surface area contributed by atoms with Crippen LogP contribution in [0.1, 0.15) is 12.1 Å². The fraction of sp³-hybridized carbons (Fsp3) is 0.368. The Balaban J connectivity index is 1.41. The molecule has 28 heavy (non-hydrogen) atoms. The highest BCUT2D eigenvalue weighted by Gasteiger charge is 2.26. The van der Waals surface area contributed by atoms with Gasteiger partial charge in [0.15, 0.2) is 0 Å². The maximum Gasteiger partial charge on any atom is 0.332 e. The molecule has 3 aromatic heterocycles. The van der Waals surface area contributed by atoms with Crippen LogP contribution >= 0.6 is 0 Å². The van der Waals surface area contributed by atoms with Crippen LogP contribution in [-0.2, 0) is 25.3 Å². The van der Waals surface area contributed by atoms with Crippen molar-refractivity contribution in [3.8, 4) is 0 Å². The van der Waals surface area contributed by atoms with E-state index in [4.69, 9.17) is 0 Å². The van der Waals surface area contributed by atoms with E-state index in [1.165, 1.54) is 17.7 Å². The van der Waals surface area contributed by atoms with E-state index in [1.54, 1.807) is 7.05 Å². The normalized spacial score (nSPS) is 16.6. The Bertz CT molecular complexity index is 1130. The number of amides is 1. The number of anilines is 1. The van der Waals surface area contributed by atoms with Gasteiger partial charge in [0, 0.05) is 51.7 Å². The van der Waals surface area contributed by atoms with E-state index in [0.717, 1.165) is 16.6 Å². The van der Waals surface area contributed by atoms with Crippen LogP contribution < -0.4 is 21.5 Å². The van der Waals surface area contributed by atoms with E-state index < -0.39 is 0 Å². The van der Waals surface area contributed by atoms with Crippen molar-refractivity contribution in [2.45, 2.75) is 18.9 Å². The molecule has 0 bridgehead atoms. The number of aromatic nitrogens is 4. The molecule has 1 saturated heterocycles. The average molecular weight is 382 g/mol. The predicted molar refractivity (Wildman–Crippen MR) is 105 cm³/mol. The fourth-order valence-electron chi connectivity index (χ4n) is 3.63. The van der Waals surface area contributed by atoms with Crippen molar-refractivity contribution in [2.75, 3.05) is 18.0 Å². The third kappa shape index (κ3) is 3.30. The Hall–Kier alpha value is -3.36. The molecule has 1 aliphatic rings. The van der Waals surface area contributed by atoms with Crippen molar-refractivity contribution in [3.63, 3.8) is 0 Å². The Morgan fingerprint density at radius 1 is 1.25 bits per heavy atom. The highest BCUT2D eigenvalue weighted by molar-refractivity contribution is 5.78. The van der Waals surface area contributed by atoms with Gasteiger partial charge < -0.3 is 14.6 Å². The molecule has 9 nitrogen and oxygen atoms in total. The lowest BCUT2D eigenvalue weighted by Gasteiger charge is -2.21. The van der Waals surface area contributed by atoms with Gasteiger partial charge in [-0.25, -0.2) is 9.78 Å². The summed E-state index contributed by atoms with van der Waals surface area (Å²) in [5, 5.41) is 3.03. The van der Waals surface area contributed by atoms with Gasteiger partial charge in [-0.2, -0.15) is 0 Å². The third-order valence-electron chi connectivity index (χ3n) is 5.13. The first-order chi connectivity index (χ1) is 13.4. The SMILES string of the molecule is Cn1c(N2CC[C@H](NC(=O)Cc3cn4ccccc4n3)C2)cc(=O)n(C)c1=O. The highest BCUT2D eigenvalue weighted by atomic mass is 16.2. The lowest BCUT2D eigenvalue weighted by Crippen LogP contribution is -2.41. The van der Waals surface area contributed by atoms with E-state index in [1.807, 2.05) is 39.9 Å². The summed E-state index contributed by atoms with van der Waals surface area (Å²) in [5.74, 6) is 0.485. The number of fused-ring (bicyclic) bond motifs is 1. The zero-order valence-electron chi connectivity index (χ0n) is 15.8. The predicted octanol–water partition coefficient (Wildman–Crippen LogP) is -0.331. The topological polar surface area (TPSA) is 93.6 Å². The van der Waals surface area contributed by atoms with Crippen molar-refractivity contribution < 1.29 is 4.79 Å². The maximum absolute atomic E-state index is 12.4. The number of pyridine rings is 1. The van der Waals surface area contributed by atoms with Crippen LogP contribution in [0.4, 0.5) is 5.82 Å². The quantitative estimate of drug-likeness (QED) is 0.667. The first kappa shape index (κ1) is 18.0. The van der Waals surface area contributed by atoms with Gasteiger partial charge in [-0.05, 0) is 18.6 Å². The van der Waals surface area contributed by atoms with E-state index in [0.29, 0.717) is 24.6 Å². The van der Waals surface area contributed by atoms with Gasteiger partial charge in [0.25, 0.3) is 5.56 Å². The number of nitrogens with one attached hydrogen (secondary N) is 1. The number of hydrogen-bond donors (Lipinski definition) is 1. The Labute approximate surface area is 160 Å². The van der Waals surface area contributed by atoms with Crippen LogP contribution in [-0.4, -0.2) is 43.6 Å². The van der Waals surface area contributed by atoms with Gasteiger partial charge in [-0.15, -0.1) is 0 Å². The number of carbonyl (C=O) groups excluding carboxylic acids is 1. The van der Waals surface area contributed by atoms with E-state index in [2.05, 4.69) is 10.3 Å². The molecule has 1 amide bonds. The van der Waals surface area contributed by atoms with Crippen LogP contribution in [0.15, 0.2) is 46.2 Å². The van der Waals surface area contributed by atoms with Gasteiger partial charge >= 0.3 is 5.69 Å². The molecule has 0 saturated carbocycles. The summed E-state index contributed by atoms with van der Waals surface area (Å²) >= 11 is 0. The van der Waals surface area contributed by atoms with E-state index >= 15 is 0 Å². The molecule has 0 aromatic carbocycles. The Morgan fingerprint density at radius 2 is 2.07 bits per heavy atom. The second-order valence-electron chi connectivity index (χ2n) is 7.12. The molecule has 1 N–H and O–H groups in total. The molecular formula is C19H22N6O3. The van der Waals surface area contributed by atoms with Gasteiger partial charge in [0.05, 0.1) is 12.1 Å². The van der Waals surface area contributed by atoms with Crippen LogP contribution in [0, 0.1) is 0 Å². The monoisotopic (exact) mass is 382 g/mol. The molecule has 3 aromatic rings. The number of nitrogens with zero attached hydrogens (tertiary/aromatic N) is 5. The van der Waals surface area contributed by atoms with Crippen LogP contribution in [0.3, 0.4) is 0 Å². The highest BCUT2D eigenvalue weighted by Crippen LogP contribution is 2.17. The summed E-state index contributed by atoms with van der Waals surface area (Å²) < 4.78 is 4.42. The van der Waals surface area contributed by atoms with E-state index in [-0.39, 0.29) is 29.6 Å². The molecule has 1 aliphatic heterocycles. The third-order valence-corrected chi connectivity index (χ3v) is 5.13. The molecule has 9 heteroatoms. The van der Waals surface area contributed by atoms with Crippen molar-refractivity contribution in [1.82, 2.24) is 23.8 Å². The number of imidazole rings is 1. The van der Waals surface area contributed by atoms with Gasteiger partial charge in [0.2, 0.25) is 5.91 Å². The number of rotatable bonds is 4. The van der Waals surface area contributed by atoms with Gasteiger partial charge in [-0.1, -0.05) is 6.07 Å². The summed E-state index contributed by atoms with van der Waals surface area (Å²) in [7, 11) is 3.10. The average Bonchev–Trinajstić information content (AvgIpc) is 3.29. The minimum Gasteiger partial charge on any atom is -0.356 e. The summed E-state index contributed by atoms with van der Waals surface area (Å²) in [4.78, 5) is 42.9. The Kier molecular flexibility index (Phi) is 4.50. The number of carbonyl (C=O) groups is 1. The molecule has 146 valence electrons. The summed E-state index contributed by atoms with van der Waals surface area (Å²) in [5.41, 5.74) is 0.829. The molecule has 1 atom stereocenters. The van der Waals surface area contributed by atoms with Crippen molar-refractivity contribution >= 4 is 17.4 Å². The van der Waals surface area contributed by atoms with Crippen LogP contribution in [0.5, 0.6) is 0 Å². The van der Waals surface area contributed by atoms with Crippen LogP contribution in [0.25, 0.3) is 5.65 Å². The second kappa shape index (κ2) is 6.99. The molecule has 4 heterocycles. The molecular weight excluding hydrogens is 360 g/mol. The minimum atomic E-state index is -0.359. The minimum absolute atomic E-state index is 0.0382. The molecule has 4 rings (SSSR count). The summed E-state index contributed by atoms with van der Waals surface area (Å²) in [6, 6.07) is 7.13. The first-order valence-electron chi connectivity index (χ1n) is 9.16. The Morgan fingerprint density at radius 3 is 2.86 bits per heavy atom. The zero-order valence-corrected chi connectivity index (χ0v) is 15.8. The second-order valence-corrected chi connectivity index (χ2v) is 7.12. The largest absolute Gasteiger partial charge is 0.356 e. The lowest BCUT2D eigenvalue weighted by atomic mass is 10.2. The zero-order chi connectivity index (χ0) is 19.8. The van der Waals surface area contributed by atoms with Crippen molar-refractivity contribution in [2.24, 2.45) is 14.1 Å². The molecule has 0 unspecified atom stereocenters. The van der Waals surface area contributed by atoms with Crippen LogP contribution in [0.2, 0.25) is 0 Å². The van der Waals surface area contributed by atoms with E-state index in [9.17, 15) is 14.4 Å². The van der Waals surface area contributed by atoms with Gasteiger partial charge in [0.1, 0.15) is 11.5 Å². The lowest BCUT2D eigenvalue weighted by molar-refractivity contribution is -0.121.